The molecule has 0 unspecified atom stereocenters. The maximum atomic E-state index is 6.12. The molecule has 0 spiro atoms. The Kier molecular flexibility index (Phi) is 17.4. The van der Waals surface area contributed by atoms with Crippen molar-refractivity contribution in [2.75, 3.05) is 73.5 Å². The van der Waals surface area contributed by atoms with Crippen LogP contribution >= 0.6 is 0 Å². The summed E-state index contributed by atoms with van der Waals surface area (Å²) < 4.78 is 35.7. The molecule has 0 aliphatic heterocycles. The fourth-order valence-corrected chi connectivity index (χ4v) is 6.34. The third kappa shape index (κ3) is 14.3. The Morgan fingerprint density at radius 1 is 0.491 bits per heavy atom. The molecule has 0 N–H and O–H groups in total. The first-order valence-electron chi connectivity index (χ1n) is 20.8. The van der Waals surface area contributed by atoms with E-state index in [0.717, 1.165) is 47.5 Å². The van der Waals surface area contributed by atoms with Gasteiger partial charge in [-0.3, -0.25) is 4.48 Å². The number of nitrogens with zero attached hydrogens (tertiary/aromatic N) is 5. The molecule has 0 atom stereocenters. The number of ether oxygens (including phenoxy) is 4. The number of rotatable bonds is 26. The SMILES string of the molecule is CCCCCCCCCCOCCOCCOCCOCC[N+](C)(C)c1ccc(-c2nnc(-c3cccc(-c4nnc(-c5ccc(C(C)(C)C)cc5)o4)c3)o2)cc1. The molecule has 11 nitrogen and oxygen atoms in total. The molecule has 0 aliphatic carbocycles. The van der Waals surface area contributed by atoms with Crippen LogP contribution in [0, 0.1) is 0 Å². The smallest absolute Gasteiger partial charge is 0.248 e. The molecule has 5 rings (SSSR count). The van der Waals surface area contributed by atoms with E-state index in [1.807, 2.05) is 48.5 Å². The van der Waals surface area contributed by atoms with Crippen molar-refractivity contribution in [1.29, 1.82) is 0 Å². The van der Waals surface area contributed by atoms with Crippen LogP contribution in [-0.4, -0.2) is 93.9 Å². The Labute approximate surface area is 339 Å². The fourth-order valence-electron chi connectivity index (χ4n) is 6.34. The molecular weight excluding hydrogens is 719 g/mol. The first kappa shape index (κ1) is 43.9. The summed E-state index contributed by atoms with van der Waals surface area (Å²) in [6.07, 6.45) is 10.5. The molecule has 11 heteroatoms. The number of quaternary nitrogens is 1. The summed E-state index contributed by atoms with van der Waals surface area (Å²) in [7, 11) is 4.33. The number of benzene rings is 3. The van der Waals surface area contributed by atoms with Gasteiger partial charge in [0.25, 0.3) is 0 Å². The van der Waals surface area contributed by atoms with Crippen molar-refractivity contribution in [3.63, 3.8) is 0 Å². The first-order chi connectivity index (χ1) is 27.6. The molecule has 5 aromatic rings. The van der Waals surface area contributed by atoms with Crippen molar-refractivity contribution < 1.29 is 27.8 Å². The minimum absolute atomic E-state index is 0.0689. The second kappa shape index (κ2) is 22.6. The molecule has 2 aromatic heterocycles. The summed E-state index contributed by atoms with van der Waals surface area (Å²) in [5, 5.41) is 17.3. The van der Waals surface area contributed by atoms with Crippen LogP contribution in [0.1, 0.15) is 84.6 Å². The van der Waals surface area contributed by atoms with Gasteiger partial charge in [-0.1, -0.05) is 90.8 Å². The molecule has 57 heavy (non-hydrogen) atoms. The second-order valence-corrected chi connectivity index (χ2v) is 16.1. The Morgan fingerprint density at radius 2 is 0.912 bits per heavy atom. The summed E-state index contributed by atoms with van der Waals surface area (Å²) in [4.78, 5) is 0. The van der Waals surface area contributed by atoms with Gasteiger partial charge in [0, 0.05) is 28.9 Å². The summed E-state index contributed by atoms with van der Waals surface area (Å²) >= 11 is 0. The second-order valence-electron chi connectivity index (χ2n) is 16.1. The largest absolute Gasteiger partial charge is 0.416 e. The van der Waals surface area contributed by atoms with Crippen LogP contribution < -0.4 is 4.48 Å². The van der Waals surface area contributed by atoms with Crippen LogP contribution in [-0.2, 0) is 24.4 Å². The minimum atomic E-state index is 0.0689. The van der Waals surface area contributed by atoms with Crippen molar-refractivity contribution in [3.05, 3.63) is 78.4 Å². The lowest BCUT2D eigenvalue weighted by molar-refractivity contribution is -0.00315. The van der Waals surface area contributed by atoms with Crippen LogP contribution in [0.3, 0.4) is 0 Å². The third-order valence-electron chi connectivity index (χ3n) is 10.1. The summed E-state index contributed by atoms with van der Waals surface area (Å²) in [5.74, 6) is 1.75. The molecule has 0 amide bonds. The number of unbranched alkanes of at least 4 members (excludes halogenated alkanes) is 7. The van der Waals surface area contributed by atoms with E-state index >= 15 is 0 Å². The quantitative estimate of drug-likeness (QED) is 0.0397. The monoisotopic (exact) mass is 782 g/mol. The zero-order valence-corrected chi connectivity index (χ0v) is 35.1. The van der Waals surface area contributed by atoms with Gasteiger partial charge in [0.2, 0.25) is 23.6 Å². The highest BCUT2D eigenvalue weighted by Gasteiger charge is 2.20. The molecule has 0 aliphatic rings. The van der Waals surface area contributed by atoms with Gasteiger partial charge in [0.15, 0.2) is 0 Å². The zero-order valence-electron chi connectivity index (χ0n) is 35.1. The van der Waals surface area contributed by atoms with E-state index in [9.17, 15) is 0 Å². The molecular formula is C46H64N5O6+. The van der Waals surface area contributed by atoms with E-state index in [1.54, 1.807) is 0 Å². The normalized spacial score (nSPS) is 12.1. The number of aromatic nitrogens is 4. The van der Waals surface area contributed by atoms with Crippen molar-refractivity contribution in [2.24, 2.45) is 0 Å². The molecule has 0 fully saturated rings. The van der Waals surface area contributed by atoms with Crippen molar-refractivity contribution in [1.82, 2.24) is 24.9 Å². The Balaban J connectivity index is 0.970. The van der Waals surface area contributed by atoms with Crippen LogP contribution in [0.5, 0.6) is 0 Å². The van der Waals surface area contributed by atoms with E-state index in [0.29, 0.717) is 74.3 Å². The van der Waals surface area contributed by atoms with Gasteiger partial charge in [-0.2, -0.15) is 0 Å². The highest BCUT2D eigenvalue weighted by molar-refractivity contribution is 5.66. The van der Waals surface area contributed by atoms with E-state index in [1.165, 1.54) is 50.5 Å². The lowest BCUT2D eigenvalue weighted by Crippen LogP contribution is -2.43. The molecule has 2 heterocycles. The zero-order chi connectivity index (χ0) is 40.4. The van der Waals surface area contributed by atoms with Crippen LogP contribution in [0.15, 0.2) is 81.6 Å². The molecule has 3 aromatic carbocycles. The third-order valence-corrected chi connectivity index (χ3v) is 10.1. The minimum Gasteiger partial charge on any atom is -0.416 e. The van der Waals surface area contributed by atoms with E-state index < -0.39 is 0 Å². The first-order valence-corrected chi connectivity index (χ1v) is 20.8. The number of hydrogen-bond acceptors (Lipinski definition) is 10. The Hall–Kier alpha value is -4.26. The number of likely N-dealkylation sites (N-methyl/N-ethyl adjacent to an activating group) is 1. The molecule has 0 saturated carbocycles. The number of hydrogen-bond donors (Lipinski definition) is 0. The van der Waals surface area contributed by atoms with Gasteiger partial charge in [-0.05, 0) is 72.0 Å². The van der Waals surface area contributed by atoms with Gasteiger partial charge in [-0.25, -0.2) is 0 Å². The lowest BCUT2D eigenvalue weighted by atomic mass is 9.87. The van der Waals surface area contributed by atoms with Gasteiger partial charge in [0.05, 0.1) is 60.3 Å². The van der Waals surface area contributed by atoms with Crippen LogP contribution in [0.4, 0.5) is 5.69 Å². The van der Waals surface area contributed by atoms with E-state index in [4.69, 9.17) is 27.8 Å². The average Bonchev–Trinajstić information content (AvgIpc) is 3.92. The van der Waals surface area contributed by atoms with Gasteiger partial charge >= 0.3 is 0 Å². The molecule has 308 valence electrons. The average molecular weight is 783 g/mol. The lowest BCUT2D eigenvalue weighted by Gasteiger charge is -2.29. The summed E-state index contributed by atoms with van der Waals surface area (Å²) in [5.41, 5.74) is 5.71. The molecule has 0 saturated heterocycles. The van der Waals surface area contributed by atoms with Crippen LogP contribution in [0.25, 0.3) is 45.8 Å². The van der Waals surface area contributed by atoms with Crippen molar-refractivity contribution >= 4 is 5.69 Å². The highest BCUT2D eigenvalue weighted by Crippen LogP contribution is 2.31. The molecule has 0 bridgehead atoms. The predicted octanol–water partition coefficient (Wildman–Crippen LogP) is 10.2. The van der Waals surface area contributed by atoms with Crippen molar-refractivity contribution in [2.45, 2.75) is 84.5 Å². The van der Waals surface area contributed by atoms with Gasteiger partial charge < -0.3 is 27.8 Å². The highest BCUT2D eigenvalue weighted by atomic mass is 16.6. The fraction of sp³-hybridized carbons (Fsp3) is 0.522. The van der Waals surface area contributed by atoms with Gasteiger partial charge in [0.1, 0.15) is 12.2 Å². The standard InChI is InChI=1S/C46H64N5O6/c1-7-8-9-10-11-12-13-14-27-52-29-31-54-33-34-55-32-30-53-28-26-51(5,6)41-24-20-37(21-25-41)43-48-50-45(57-43)39-17-15-16-38(35-39)44-49-47-42(56-44)36-18-22-40(23-19-36)46(2,3)4/h15-25,35H,7-14,26-34H2,1-6H3/q+1. The van der Waals surface area contributed by atoms with Gasteiger partial charge in [-0.15, -0.1) is 20.4 Å². The Morgan fingerprint density at radius 3 is 1.40 bits per heavy atom. The maximum absolute atomic E-state index is 6.12. The van der Waals surface area contributed by atoms with Crippen LogP contribution in [0.2, 0.25) is 0 Å². The summed E-state index contributed by atoms with van der Waals surface area (Å²) in [6.45, 7) is 14.5. The topological polar surface area (TPSA) is 115 Å². The van der Waals surface area contributed by atoms with Crippen molar-refractivity contribution in [3.8, 4) is 45.8 Å². The Bertz CT molecular complexity index is 1860. The predicted molar refractivity (Wildman–Crippen MR) is 227 cm³/mol. The van der Waals surface area contributed by atoms with E-state index in [2.05, 4.69) is 86.5 Å². The van der Waals surface area contributed by atoms with E-state index in [-0.39, 0.29) is 5.41 Å². The maximum Gasteiger partial charge on any atom is 0.248 e. The summed E-state index contributed by atoms with van der Waals surface area (Å²) in [6, 6.07) is 24.1. The molecule has 0 radical (unpaired) electrons.